The Labute approximate surface area is 198 Å². The summed E-state index contributed by atoms with van der Waals surface area (Å²) < 4.78 is 11.7. The van der Waals surface area contributed by atoms with Crippen molar-refractivity contribution >= 4 is 33.7 Å². The first-order valence-corrected chi connectivity index (χ1v) is 12.3. The number of aliphatic hydroxyl groups is 1. The Balaban J connectivity index is 2.15. The van der Waals surface area contributed by atoms with Crippen LogP contribution in [-0.4, -0.2) is 86.6 Å². The number of carbonyl (C=O) groups is 3. The molecule has 9 heteroatoms. The van der Waals surface area contributed by atoms with Crippen LogP contribution in [0.2, 0.25) is 0 Å². The zero-order valence-corrected chi connectivity index (χ0v) is 21.1. The van der Waals surface area contributed by atoms with Crippen LogP contribution in [0.25, 0.3) is 0 Å². The third-order valence-electron chi connectivity index (χ3n) is 6.98. The smallest absolute Gasteiger partial charge is 0.312 e. The normalized spacial score (nSPS) is 34.4. The van der Waals surface area contributed by atoms with Crippen molar-refractivity contribution in [2.75, 3.05) is 19.8 Å². The predicted molar refractivity (Wildman–Crippen MR) is 122 cm³/mol. The van der Waals surface area contributed by atoms with Gasteiger partial charge in [-0.2, -0.15) is 0 Å². The van der Waals surface area contributed by atoms with Gasteiger partial charge in [-0.3, -0.25) is 14.4 Å². The number of ether oxygens (including phenoxy) is 2. The zero-order chi connectivity index (χ0) is 24.0. The summed E-state index contributed by atoms with van der Waals surface area (Å²) in [5, 5.41) is 10.1. The van der Waals surface area contributed by atoms with E-state index in [2.05, 4.69) is 22.5 Å². The van der Waals surface area contributed by atoms with Gasteiger partial charge in [-0.05, 0) is 40.5 Å². The Morgan fingerprint density at radius 2 is 2.09 bits per heavy atom. The van der Waals surface area contributed by atoms with E-state index in [0.717, 1.165) is 0 Å². The number of nitrogens with zero attached hydrogens (tertiary/aromatic N) is 2. The Kier molecular flexibility index (Phi) is 7.13. The highest BCUT2D eigenvalue weighted by molar-refractivity contribution is 9.09. The molecule has 0 radical (unpaired) electrons. The molecule has 3 fully saturated rings. The molecule has 3 heterocycles. The van der Waals surface area contributed by atoms with Crippen molar-refractivity contribution in [3.63, 3.8) is 0 Å². The first kappa shape index (κ1) is 25.2. The molecule has 32 heavy (non-hydrogen) atoms. The highest BCUT2D eigenvalue weighted by Gasteiger charge is 2.77. The van der Waals surface area contributed by atoms with Gasteiger partial charge in [-0.1, -0.05) is 28.9 Å². The van der Waals surface area contributed by atoms with Gasteiger partial charge in [0, 0.05) is 16.9 Å². The molecule has 3 saturated heterocycles. The topological polar surface area (TPSA) is 96.4 Å². The first-order chi connectivity index (χ1) is 15.0. The predicted octanol–water partition coefficient (Wildman–Crippen LogP) is 1.88. The summed E-state index contributed by atoms with van der Waals surface area (Å²) in [6.45, 7) is 13.4. The molecule has 0 aromatic heterocycles. The Morgan fingerprint density at radius 1 is 1.44 bits per heavy atom. The van der Waals surface area contributed by atoms with Crippen LogP contribution in [0, 0.1) is 11.8 Å². The maximum Gasteiger partial charge on any atom is 0.312 e. The van der Waals surface area contributed by atoms with Crippen LogP contribution < -0.4 is 0 Å². The minimum Gasteiger partial charge on any atom is -0.466 e. The van der Waals surface area contributed by atoms with Crippen molar-refractivity contribution in [2.24, 2.45) is 11.8 Å². The number of carbonyl (C=O) groups excluding carboxylic acids is 3. The summed E-state index contributed by atoms with van der Waals surface area (Å²) in [6.07, 6.45) is 2.00. The molecule has 1 spiro atoms. The molecular formula is C23H35BrN2O6. The van der Waals surface area contributed by atoms with Gasteiger partial charge in [0.05, 0.1) is 37.2 Å². The highest BCUT2D eigenvalue weighted by Crippen LogP contribution is 2.60. The number of hydrogen-bond acceptors (Lipinski definition) is 6. The van der Waals surface area contributed by atoms with Gasteiger partial charge in [0.25, 0.3) is 0 Å². The Morgan fingerprint density at radius 3 is 2.59 bits per heavy atom. The van der Waals surface area contributed by atoms with Crippen LogP contribution in [0.1, 0.15) is 47.5 Å². The number of likely N-dealkylation sites (tertiary alicyclic amines) is 1. The molecular weight excluding hydrogens is 480 g/mol. The number of amides is 2. The summed E-state index contributed by atoms with van der Waals surface area (Å²) in [7, 11) is 0. The van der Waals surface area contributed by atoms with Crippen molar-refractivity contribution in [2.45, 2.75) is 81.6 Å². The zero-order valence-electron chi connectivity index (χ0n) is 19.5. The molecule has 1 unspecified atom stereocenters. The largest absolute Gasteiger partial charge is 0.466 e. The molecule has 3 rings (SSSR count). The summed E-state index contributed by atoms with van der Waals surface area (Å²) in [5.41, 5.74) is -1.68. The van der Waals surface area contributed by atoms with Gasteiger partial charge in [0.2, 0.25) is 11.8 Å². The van der Waals surface area contributed by atoms with E-state index in [1.165, 1.54) is 4.90 Å². The minimum absolute atomic E-state index is 0.187. The van der Waals surface area contributed by atoms with Crippen molar-refractivity contribution < 1.29 is 29.0 Å². The number of halogens is 1. The highest BCUT2D eigenvalue weighted by atomic mass is 79.9. The lowest BCUT2D eigenvalue weighted by molar-refractivity contribution is -0.157. The van der Waals surface area contributed by atoms with E-state index in [9.17, 15) is 19.5 Å². The second-order valence-electron chi connectivity index (χ2n) is 9.81. The Bertz CT molecular complexity index is 779. The lowest BCUT2D eigenvalue weighted by Crippen LogP contribution is -2.61. The lowest BCUT2D eigenvalue weighted by Gasteiger charge is -2.43. The van der Waals surface area contributed by atoms with Gasteiger partial charge in [-0.15, -0.1) is 6.58 Å². The van der Waals surface area contributed by atoms with E-state index in [0.29, 0.717) is 19.4 Å². The third kappa shape index (κ3) is 3.70. The number of aliphatic hydroxyl groups excluding tert-OH is 1. The number of esters is 1. The van der Waals surface area contributed by atoms with Crippen LogP contribution in [0.5, 0.6) is 0 Å². The Hall–Kier alpha value is -1.45. The van der Waals surface area contributed by atoms with E-state index >= 15 is 0 Å². The van der Waals surface area contributed by atoms with Crippen molar-refractivity contribution in [3.8, 4) is 0 Å². The number of rotatable bonds is 8. The van der Waals surface area contributed by atoms with E-state index in [1.807, 2.05) is 27.7 Å². The average molecular weight is 515 g/mol. The molecule has 0 saturated carbocycles. The molecule has 0 aliphatic carbocycles. The molecule has 7 atom stereocenters. The molecule has 180 valence electrons. The SMILES string of the molecule is C=CCN(C(=O)[C@@H]1N([C@@H](CC)CO)C(=O)[C@H]2[C@H](C(=O)OCC)[C@H]3O[C@@]12CC3Br)C(C)(C)C. The van der Waals surface area contributed by atoms with Crippen molar-refractivity contribution in [1.29, 1.82) is 0 Å². The van der Waals surface area contributed by atoms with E-state index < -0.39 is 47.1 Å². The lowest BCUT2D eigenvalue weighted by atomic mass is 9.70. The van der Waals surface area contributed by atoms with Crippen molar-refractivity contribution in [3.05, 3.63) is 12.7 Å². The van der Waals surface area contributed by atoms with Gasteiger partial charge in [-0.25, -0.2) is 0 Å². The summed E-state index contributed by atoms with van der Waals surface area (Å²) in [6, 6.07) is -1.50. The van der Waals surface area contributed by atoms with Gasteiger partial charge in [0.1, 0.15) is 11.6 Å². The summed E-state index contributed by atoms with van der Waals surface area (Å²) in [4.78, 5) is 43.8. The molecule has 0 aromatic rings. The van der Waals surface area contributed by atoms with Crippen LogP contribution in [-0.2, 0) is 23.9 Å². The molecule has 2 bridgehead atoms. The number of alkyl halides is 1. The fourth-order valence-corrected chi connectivity index (χ4v) is 6.58. The standard InChI is InChI=1S/C23H35BrN2O6/c1-7-10-25(22(4,5)6)20(29)18-23-11-14(24)17(32-23)15(21(30)31-9-3)16(23)19(28)26(18)13(8-2)12-27/h7,13-18,27H,1,8-12H2,2-6H3/t13-,14?,15-,16+,17-,18-,23+/m0/s1. The monoisotopic (exact) mass is 514 g/mol. The molecule has 2 amide bonds. The van der Waals surface area contributed by atoms with Crippen LogP contribution in [0.15, 0.2) is 12.7 Å². The molecule has 3 aliphatic heterocycles. The van der Waals surface area contributed by atoms with Crippen LogP contribution in [0.4, 0.5) is 0 Å². The fourth-order valence-electron chi connectivity index (χ4n) is 5.63. The van der Waals surface area contributed by atoms with Crippen molar-refractivity contribution in [1.82, 2.24) is 9.80 Å². The third-order valence-corrected chi connectivity index (χ3v) is 7.83. The number of fused-ring (bicyclic) bond motifs is 1. The molecule has 1 N–H and O–H groups in total. The average Bonchev–Trinajstić information content (AvgIpc) is 3.30. The first-order valence-electron chi connectivity index (χ1n) is 11.3. The minimum atomic E-state index is -1.16. The molecule has 3 aliphatic rings. The van der Waals surface area contributed by atoms with Crippen LogP contribution >= 0.6 is 15.9 Å². The van der Waals surface area contributed by atoms with Gasteiger partial charge in [0.15, 0.2) is 0 Å². The van der Waals surface area contributed by atoms with Crippen LogP contribution in [0.3, 0.4) is 0 Å². The molecule has 0 aromatic carbocycles. The maximum absolute atomic E-state index is 14.1. The number of hydrogen-bond donors (Lipinski definition) is 1. The molecule has 8 nitrogen and oxygen atoms in total. The van der Waals surface area contributed by atoms with E-state index in [4.69, 9.17) is 9.47 Å². The van der Waals surface area contributed by atoms with Gasteiger partial charge < -0.3 is 24.4 Å². The second kappa shape index (κ2) is 9.06. The van der Waals surface area contributed by atoms with E-state index in [1.54, 1.807) is 17.9 Å². The van der Waals surface area contributed by atoms with Gasteiger partial charge >= 0.3 is 5.97 Å². The fraction of sp³-hybridized carbons (Fsp3) is 0.783. The summed E-state index contributed by atoms with van der Waals surface area (Å²) in [5.74, 6) is -2.67. The van der Waals surface area contributed by atoms with E-state index in [-0.39, 0.29) is 29.9 Å². The second-order valence-corrected chi connectivity index (χ2v) is 11.0. The maximum atomic E-state index is 14.1. The quantitative estimate of drug-likeness (QED) is 0.301. The summed E-state index contributed by atoms with van der Waals surface area (Å²) >= 11 is 3.63.